The van der Waals surface area contributed by atoms with Gasteiger partial charge in [-0.2, -0.15) is 5.10 Å². The number of hydrogen-bond acceptors (Lipinski definition) is 5. The van der Waals surface area contributed by atoms with Crippen LogP contribution in [0.3, 0.4) is 0 Å². The predicted molar refractivity (Wildman–Crippen MR) is 101 cm³/mol. The summed E-state index contributed by atoms with van der Waals surface area (Å²) in [6.07, 6.45) is 9.24. The van der Waals surface area contributed by atoms with Gasteiger partial charge in [0.05, 0.1) is 23.6 Å². The van der Waals surface area contributed by atoms with Gasteiger partial charge in [-0.15, -0.1) is 0 Å². The van der Waals surface area contributed by atoms with Crippen molar-refractivity contribution in [3.63, 3.8) is 0 Å². The van der Waals surface area contributed by atoms with E-state index in [1.807, 2.05) is 36.4 Å². The molecule has 2 aromatic heterocycles. The first-order chi connectivity index (χ1) is 13.2. The minimum Gasteiger partial charge on any atom is -0.326 e. The highest BCUT2D eigenvalue weighted by molar-refractivity contribution is 5.93. The van der Waals surface area contributed by atoms with E-state index in [4.69, 9.17) is 4.98 Å². The van der Waals surface area contributed by atoms with Crippen molar-refractivity contribution in [3.05, 3.63) is 36.2 Å². The summed E-state index contributed by atoms with van der Waals surface area (Å²) in [5, 5.41) is 4.54. The standard InChI is InChI=1S/C19H25N7O/c1-23-8-9-25(19(23)27)17-10-21-26(13-17)16-5-7-24(12-16)11-15-4-6-20-18(22-15)14-2-3-14/h4,6,10,13-14,16H,2-3,5,7-9,11-12H2,1H3. The monoisotopic (exact) mass is 367 g/mol. The molecule has 0 N–H and O–H groups in total. The number of rotatable bonds is 5. The molecule has 27 heavy (non-hydrogen) atoms. The van der Waals surface area contributed by atoms with E-state index in [1.165, 1.54) is 12.8 Å². The van der Waals surface area contributed by atoms with Crippen LogP contribution < -0.4 is 4.90 Å². The van der Waals surface area contributed by atoms with E-state index in [9.17, 15) is 4.79 Å². The van der Waals surface area contributed by atoms with Crippen molar-refractivity contribution in [1.29, 1.82) is 0 Å². The molecule has 142 valence electrons. The normalized spacial score (nSPS) is 23.6. The van der Waals surface area contributed by atoms with E-state index in [2.05, 4.69) is 15.0 Å². The smallest absolute Gasteiger partial charge is 0.324 e. The third-order valence-electron chi connectivity index (χ3n) is 5.80. The highest BCUT2D eigenvalue weighted by Gasteiger charge is 2.30. The van der Waals surface area contributed by atoms with E-state index in [-0.39, 0.29) is 6.03 Å². The molecule has 1 unspecified atom stereocenters. The van der Waals surface area contributed by atoms with Crippen LogP contribution in [0.15, 0.2) is 24.7 Å². The minimum absolute atomic E-state index is 0.0535. The highest BCUT2D eigenvalue weighted by Crippen LogP contribution is 2.37. The number of carbonyl (C=O) groups is 1. The van der Waals surface area contributed by atoms with Crippen molar-refractivity contribution in [2.24, 2.45) is 0 Å². The fourth-order valence-electron chi connectivity index (χ4n) is 3.99. The van der Waals surface area contributed by atoms with Gasteiger partial charge in [0.2, 0.25) is 0 Å². The number of carbonyl (C=O) groups excluding carboxylic acids is 1. The lowest BCUT2D eigenvalue weighted by Crippen LogP contribution is -2.28. The maximum atomic E-state index is 12.2. The van der Waals surface area contributed by atoms with Crippen molar-refractivity contribution in [2.45, 2.75) is 37.8 Å². The lowest BCUT2D eigenvalue weighted by atomic mass is 10.3. The summed E-state index contributed by atoms with van der Waals surface area (Å²) in [6, 6.07) is 2.43. The quantitative estimate of drug-likeness (QED) is 0.807. The van der Waals surface area contributed by atoms with Crippen LogP contribution in [0.25, 0.3) is 0 Å². The zero-order chi connectivity index (χ0) is 18.4. The molecule has 1 aliphatic carbocycles. The molecular formula is C19H25N7O. The molecule has 0 aromatic carbocycles. The Balaban J connectivity index is 1.22. The van der Waals surface area contributed by atoms with Gasteiger partial charge in [0.1, 0.15) is 5.82 Å². The van der Waals surface area contributed by atoms with Crippen molar-refractivity contribution < 1.29 is 4.79 Å². The van der Waals surface area contributed by atoms with E-state index in [1.54, 1.807) is 9.80 Å². The first-order valence-electron chi connectivity index (χ1n) is 9.78. The molecule has 4 heterocycles. The average Bonchev–Trinajstić information content (AvgIpc) is 3.07. The van der Waals surface area contributed by atoms with Crippen LogP contribution in [0.1, 0.15) is 42.7 Å². The Hall–Kier alpha value is -2.48. The van der Waals surface area contributed by atoms with Crippen molar-refractivity contribution in [2.75, 3.05) is 38.1 Å². The van der Waals surface area contributed by atoms with Crippen LogP contribution in [0.4, 0.5) is 10.5 Å². The number of urea groups is 1. The number of likely N-dealkylation sites (N-methyl/N-ethyl adjacent to an activating group) is 1. The number of likely N-dealkylation sites (tertiary alicyclic amines) is 1. The highest BCUT2D eigenvalue weighted by atomic mass is 16.2. The third kappa shape index (κ3) is 3.29. The van der Waals surface area contributed by atoms with E-state index in [0.717, 1.165) is 56.4 Å². The predicted octanol–water partition coefficient (Wildman–Crippen LogP) is 1.87. The summed E-state index contributed by atoms with van der Waals surface area (Å²) in [5.74, 6) is 1.60. The van der Waals surface area contributed by atoms with E-state index < -0.39 is 0 Å². The average molecular weight is 367 g/mol. The summed E-state index contributed by atoms with van der Waals surface area (Å²) >= 11 is 0. The molecule has 2 aromatic rings. The topological polar surface area (TPSA) is 70.4 Å². The second kappa shape index (κ2) is 6.60. The minimum atomic E-state index is 0.0535. The third-order valence-corrected chi connectivity index (χ3v) is 5.80. The molecule has 5 rings (SSSR count). The fourth-order valence-corrected chi connectivity index (χ4v) is 3.99. The molecular weight excluding hydrogens is 342 g/mol. The lowest BCUT2D eigenvalue weighted by Gasteiger charge is -2.16. The van der Waals surface area contributed by atoms with Gasteiger partial charge in [-0.05, 0) is 25.3 Å². The molecule has 8 nitrogen and oxygen atoms in total. The van der Waals surface area contributed by atoms with Gasteiger partial charge in [-0.3, -0.25) is 14.5 Å². The van der Waals surface area contributed by atoms with Gasteiger partial charge < -0.3 is 4.90 Å². The lowest BCUT2D eigenvalue weighted by molar-refractivity contribution is 0.229. The van der Waals surface area contributed by atoms with Gasteiger partial charge in [0.25, 0.3) is 0 Å². The summed E-state index contributed by atoms with van der Waals surface area (Å²) < 4.78 is 2.02. The summed E-state index contributed by atoms with van der Waals surface area (Å²) in [4.78, 5) is 27.3. The Morgan fingerprint density at radius 2 is 2.07 bits per heavy atom. The van der Waals surface area contributed by atoms with Crippen LogP contribution in [-0.2, 0) is 6.54 Å². The van der Waals surface area contributed by atoms with Gasteiger partial charge in [0, 0.05) is 58.1 Å². The number of hydrogen-bond donors (Lipinski definition) is 0. The van der Waals surface area contributed by atoms with Crippen molar-refractivity contribution in [3.8, 4) is 0 Å². The molecule has 3 aliphatic rings. The molecule has 1 atom stereocenters. The Kier molecular flexibility index (Phi) is 4.07. The van der Waals surface area contributed by atoms with Crippen molar-refractivity contribution in [1.82, 2.24) is 29.5 Å². The van der Waals surface area contributed by atoms with Gasteiger partial charge in [-0.25, -0.2) is 14.8 Å². The number of aromatic nitrogens is 4. The molecule has 2 aliphatic heterocycles. The Morgan fingerprint density at radius 3 is 2.85 bits per heavy atom. The zero-order valence-electron chi connectivity index (χ0n) is 15.7. The van der Waals surface area contributed by atoms with Crippen LogP contribution in [0.5, 0.6) is 0 Å². The molecule has 2 amide bonds. The molecule has 3 fully saturated rings. The van der Waals surface area contributed by atoms with E-state index >= 15 is 0 Å². The summed E-state index contributed by atoms with van der Waals surface area (Å²) in [5.41, 5.74) is 2.01. The van der Waals surface area contributed by atoms with Gasteiger partial charge >= 0.3 is 6.03 Å². The first-order valence-corrected chi connectivity index (χ1v) is 9.78. The second-order valence-electron chi connectivity index (χ2n) is 7.89. The van der Waals surface area contributed by atoms with Crippen LogP contribution in [-0.4, -0.2) is 68.8 Å². The number of anilines is 1. The molecule has 2 saturated heterocycles. The Bertz CT molecular complexity index is 846. The number of nitrogens with zero attached hydrogens (tertiary/aromatic N) is 7. The Labute approximate surface area is 158 Å². The molecule has 8 heteroatoms. The first kappa shape index (κ1) is 16.7. The van der Waals surface area contributed by atoms with Crippen molar-refractivity contribution >= 4 is 11.7 Å². The zero-order valence-corrected chi connectivity index (χ0v) is 15.7. The summed E-state index contributed by atoms with van der Waals surface area (Å²) in [6.45, 7) is 4.35. The SMILES string of the molecule is CN1CCN(c2cnn(C3CCN(Cc4ccnc(C5CC5)n4)C3)c2)C1=O. The molecule has 1 saturated carbocycles. The molecule has 0 bridgehead atoms. The molecule has 0 spiro atoms. The van der Waals surface area contributed by atoms with Crippen LogP contribution in [0.2, 0.25) is 0 Å². The summed E-state index contributed by atoms with van der Waals surface area (Å²) in [7, 11) is 1.84. The maximum absolute atomic E-state index is 12.2. The van der Waals surface area contributed by atoms with Crippen LogP contribution >= 0.6 is 0 Å². The maximum Gasteiger partial charge on any atom is 0.324 e. The van der Waals surface area contributed by atoms with Crippen LogP contribution in [0, 0.1) is 0 Å². The van der Waals surface area contributed by atoms with Gasteiger partial charge in [0.15, 0.2) is 0 Å². The fraction of sp³-hybridized carbons (Fsp3) is 0.579. The number of amides is 2. The molecule has 0 radical (unpaired) electrons. The second-order valence-corrected chi connectivity index (χ2v) is 7.89. The van der Waals surface area contributed by atoms with Gasteiger partial charge in [-0.1, -0.05) is 0 Å². The largest absolute Gasteiger partial charge is 0.326 e. The van der Waals surface area contributed by atoms with E-state index in [0.29, 0.717) is 12.0 Å². The Morgan fingerprint density at radius 1 is 1.19 bits per heavy atom.